The number of nitrogens with one attached hydrogen (secondary N) is 1. The van der Waals surface area contributed by atoms with Crippen LogP contribution in [0.25, 0.3) is 0 Å². The van der Waals surface area contributed by atoms with Crippen molar-refractivity contribution in [3.63, 3.8) is 0 Å². The largest absolute Gasteiger partial charge is 0.387 e. The number of aromatic nitrogens is 1. The van der Waals surface area contributed by atoms with E-state index in [2.05, 4.69) is 10.3 Å². The fraction of sp³-hybridized carbons (Fsp3) is 0.444. The first-order valence-corrected chi connectivity index (χ1v) is 4.59. The minimum Gasteiger partial charge on any atom is -0.387 e. The minimum absolute atomic E-state index is 0.599. The summed E-state index contributed by atoms with van der Waals surface area (Å²) in [4.78, 5) is 3.89. The Labute approximate surface area is 81.8 Å². The molecule has 0 aromatic carbocycles. The van der Waals surface area contributed by atoms with Gasteiger partial charge in [0.1, 0.15) is 0 Å². The first-order chi connectivity index (χ1) is 6.20. The van der Waals surface area contributed by atoms with Crippen molar-refractivity contribution in [1.82, 2.24) is 10.3 Å². The normalized spacial score (nSPS) is 19.5. The van der Waals surface area contributed by atoms with Crippen molar-refractivity contribution in [2.75, 3.05) is 13.1 Å². The lowest BCUT2D eigenvalue weighted by Gasteiger charge is -2.37. The van der Waals surface area contributed by atoms with Crippen molar-refractivity contribution in [2.45, 2.75) is 12.0 Å². The van der Waals surface area contributed by atoms with Gasteiger partial charge in [0.05, 0.1) is 10.6 Å². The molecule has 13 heavy (non-hydrogen) atoms. The topological polar surface area (TPSA) is 45.2 Å². The van der Waals surface area contributed by atoms with Gasteiger partial charge in [0.2, 0.25) is 0 Å². The monoisotopic (exact) mass is 198 g/mol. The molecule has 0 saturated carbocycles. The second-order valence-electron chi connectivity index (χ2n) is 3.47. The fourth-order valence-corrected chi connectivity index (χ4v) is 1.63. The SMILES string of the molecule is OC1(Cc2ccncc2Cl)CNC1. The van der Waals surface area contributed by atoms with Crippen LogP contribution in [0.2, 0.25) is 5.02 Å². The summed E-state index contributed by atoms with van der Waals surface area (Å²) in [6, 6.07) is 1.85. The smallest absolute Gasteiger partial charge is 0.0935 e. The van der Waals surface area contributed by atoms with Gasteiger partial charge in [-0.25, -0.2) is 0 Å². The van der Waals surface area contributed by atoms with E-state index in [1.165, 1.54) is 0 Å². The highest BCUT2D eigenvalue weighted by molar-refractivity contribution is 6.31. The zero-order chi connectivity index (χ0) is 9.31. The number of rotatable bonds is 2. The summed E-state index contributed by atoms with van der Waals surface area (Å²) in [7, 11) is 0. The third kappa shape index (κ3) is 1.82. The third-order valence-corrected chi connectivity index (χ3v) is 2.62. The summed E-state index contributed by atoms with van der Waals surface area (Å²) in [6.45, 7) is 1.29. The average molecular weight is 199 g/mol. The standard InChI is InChI=1S/C9H11ClN2O/c10-8-4-11-2-1-7(8)3-9(13)5-12-6-9/h1-2,4,12-13H,3,5-6H2. The van der Waals surface area contributed by atoms with Gasteiger partial charge in [0.15, 0.2) is 0 Å². The van der Waals surface area contributed by atoms with Crippen molar-refractivity contribution in [2.24, 2.45) is 0 Å². The number of pyridine rings is 1. The minimum atomic E-state index is -0.606. The molecule has 1 aliphatic heterocycles. The predicted octanol–water partition coefficient (Wildman–Crippen LogP) is 0.612. The van der Waals surface area contributed by atoms with E-state index in [-0.39, 0.29) is 0 Å². The molecular weight excluding hydrogens is 188 g/mol. The molecule has 0 amide bonds. The van der Waals surface area contributed by atoms with Crippen LogP contribution in [0.5, 0.6) is 0 Å². The maximum absolute atomic E-state index is 9.85. The molecule has 0 spiro atoms. The molecule has 2 N–H and O–H groups in total. The van der Waals surface area contributed by atoms with E-state index in [0.29, 0.717) is 24.5 Å². The van der Waals surface area contributed by atoms with Gasteiger partial charge in [-0.2, -0.15) is 0 Å². The molecule has 70 valence electrons. The number of β-amino-alcohol motifs (C(OH)–C–C–N with tert-alkyl or cyclic N) is 1. The van der Waals surface area contributed by atoms with Gasteiger partial charge in [0.25, 0.3) is 0 Å². The molecule has 0 bridgehead atoms. The van der Waals surface area contributed by atoms with Crippen LogP contribution in [0, 0.1) is 0 Å². The van der Waals surface area contributed by atoms with Crippen LogP contribution >= 0.6 is 11.6 Å². The number of aliphatic hydroxyl groups is 1. The van der Waals surface area contributed by atoms with Crippen LogP contribution < -0.4 is 5.32 Å². The Morgan fingerprint density at radius 2 is 2.38 bits per heavy atom. The van der Waals surface area contributed by atoms with Crippen molar-refractivity contribution in [3.8, 4) is 0 Å². The molecule has 1 aromatic heterocycles. The number of hydrogen-bond acceptors (Lipinski definition) is 3. The van der Waals surface area contributed by atoms with Gasteiger partial charge in [-0.15, -0.1) is 0 Å². The van der Waals surface area contributed by atoms with Crippen LogP contribution in [0.1, 0.15) is 5.56 Å². The Morgan fingerprint density at radius 1 is 1.62 bits per heavy atom. The Balaban J connectivity index is 2.13. The molecule has 1 aliphatic rings. The molecule has 0 unspecified atom stereocenters. The molecular formula is C9H11ClN2O. The predicted molar refractivity (Wildman–Crippen MR) is 50.8 cm³/mol. The number of halogens is 1. The highest BCUT2D eigenvalue weighted by Crippen LogP contribution is 2.22. The number of nitrogens with zero attached hydrogens (tertiary/aromatic N) is 1. The van der Waals surface area contributed by atoms with E-state index in [9.17, 15) is 5.11 Å². The van der Waals surface area contributed by atoms with Gasteiger partial charge < -0.3 is 10.4 Å². The summed E-state index contributed by atoms with van der Waals surface area (Å²) in [5, 5.41) is 13.5. The van der Waals surface area contributed by atoms with E-state index in [0.717, 1.165) is 5.56 Å². The van der Waals surface area contributed by atoms with Gasteiger partial charge in [-0.3, -0.25) is 4.98 Å². The molecule has 0 radical (unpaired) electrons. The third-order valence-electron chi connectivity index (χ3n) is 2.28. The summed E-state index contributed by atoms with van der Waals surface area (Å²) in [5.74, 6) is 0. The van der Waals surface area contributed by atoms with Crippen molar-refractivity contribution in [1.29, 1.82) is 0 Å². The molecule has 1 aromatic rings. The summed E-state index contributed by atoms with van der Waals surface area (Å²) < 4.78 is 0. The van der Waals surface area contributed by atoms with Gasteiger partial charge in [0, 0.05) is 31.9 Å². The summed E-state index contributed by atoms with van der Waals surface area (Å²) >= 11 is 5.92. The molecule has 0 atom stereocenters. The van der Waals surface area contributed by atoms with Crippen molar-refractivity contribution < 1.29 is 5.11 Å². The highest BCUT2D eigenvalue weighted by atomic mass is 35.5. The Kier molecular flexibility index (Phi) is 2.24. The van der Waals surface area contributed by atoms with Gasteiger partial charge in [-0.1, -0.05) is 11.6 Å². The lowest BCUT2D eigenvalue weighted by molar-refractivity contribution is -0.00901. The summed E-state index contributed by atoms with van der Waals surface area (Å²) in [5.41, 5.74) is 0.353. The average Bonchev–Trinajstić information content (AvgIpc) is 2.06. The maximum atomic E-state index is 9.85. The molecule has 1 saturated heterocycles. The second kappa shape index (κ2) is 3.25. The Morgan fingerprint density at radius 3 is 2.92 bits per heavy atom. The van der Waals surface area contributed by atoms with Crippen LogP contribution in [0.3, 0.4) is 0 Å². The van der Waals surface area contributed by atoms with Gasteiger partial charge in [-0.05, 0) is 11.6 Å². The zero-order valence-corrected chi connectivity index (χ0v) is 7.88. The molecule has 2 heterocycles. The van der Waals surface area contributed by atoms with E-state index in [1.807, 2.05) is 6.07 Å². The highest BCUT2D eigenvalue weighted by Gasteiger charge is 2.34. The van der Waals surface area contributed by atoms with Crippen molar-refractivity contribution in [3.05, 3.63) is 29.0 Å². The van der Waals surface area contributed by atoms with E-state index in [1.54, 1.807) is 12.4 Å². The lowest BCUT2D eigenvalue weighted by Crippen LogP contribution is -2.60. The van der Waals surface area contributed by atoms with E-state index < -0.39 is 5.60 Å². The van der Waals surface area contributed by atoms with E-state index in [4.69, 9.17) is 11.6 Å². The van der Waals surface area contributed by atoms with Gasteiger partial charge >= 0.3 is 0 Å². The first kappa shape index (κ1) is 8.94. The first-order valence-electron chi connectivity index (χ1n) is 4.21. The Hall–Kier alpha value is -0.640. The Bertz CT molecular complexity index is 312. The van der Waals surface area contributed by atoms with Crippen LogP contribution in [-0.4, -0.2) is 28.8 Å². The van der Waals surface area contributed by atoms with Crippen LogP contribution in [-0.2, 0) is 6.42 Å². The van der Waals surface area contributed by atoms with E-state index >= 15 is 0 Å². The quantitative estimate of drug-likeness (QED) is 0.732. The molecule has 2 rings (SSSR count). The maximum Gasteiger partial charge on any atom is 0.0935 e. The molecule has 4 heteroatoms. The lowest BCUT2D eigenvalue weighted by atomic mass is 9.89. The van der Waals surface area contributed by atoms with Crippen LogP contribution in [0.4, 0.5) is 0 Å². The van der Waals surface area contributed by atoms with Crippen molar-refractivity contribution >= 4 is 11.6 Å². The molecule has 0 aliphatic carbocycles. The number of hydrogen-bond donors (Lipinski definition) is 2. The van der Waals surface area contributed by atoms with Crippen LogP contribution in [0.15, 0.2) is 18.5 Å². The summed E-state index contributed by atoms with van der Waals surface area (Å²) in [6.07, 6.45) is 3.89. The molecule has 3 nitrogen and oxygen atoms in total. The fourth-order valence-electron chi connectivity index (χ4n) is 1.44. The second-order valence-corrected chi connectivity index (χ2v) is 3.88. The molecule has 1 fully saturated rings. The zero-order valence-electron chi connectivity index (χ0n) is 7.13.